The molecule has 0 aliphatic rings. The lowest BCUT2D eigenvalue weighted by molar-refractivity contribution is 0.0958. The van der Waals surface area contributed by atoms with Crippen LogP contribution in [0.1, 0.15) is 29.9 Å². The van der Waals surface area contributed by atoms with E-state index in [1.54, 1.807) is 6.26 Å². The SMILES string of the molecule is CC(C)CNc1nc(N)c(C(=O)NCCCS(C)=O)s1. The fourth-order valence-corrected chi connectivity index (χ4v) is 2.78. The summed E-state index contributed by atoms with van der Waals surface area (Å²) in [6.45, 7) is 5.46. The number of anilines is 2. The zero-order valence-electron chi connectivity index (χ0n) is 12.1. The number of nitrogen functional groups attached to an aromatic ring is 1. The van der Waals surface area contributed by atoms with Gasteiger partial charge in [0, 0.05) is 35.9 Å². The second-order valence-corrected chi connectivity index (χ2v) is 7.45. The molecule has 20 heavy (non-hydrogen) atoms. The van der Waals surface area contributed by atoms with Gasteiger partial charge in [0.25, 0.3) is 5.91 Å². The maximum absolute atomic E-state index is 11.9. The highest BCUT2D eigenvalue weighted by Gasteiger charge is 2.15. The zero-order chi connectivity index (χ0) is 15.1. The Kier molecular flexibility index (Phi) is 6.94. The fourth-order valence-electron chi connectivity index (χ4n) is 1.42. The highest BCUT2D eigenvalue weighted by Crippen LogP contribution is 2.24. The van der Waals surface area contributed by atoms with Crippen LogP contribution in [0.4, 0.5) is 10.9 Å². The molecule has 0 spiro atoms. The number of aromatic nitrogens is 1. The topological polar surface area (TPSA) is 97.1 Å². The molecule has 1 aromatic rings. The van der Waals surface area contributed by atoms with Crippen LogP contribution in [-0.4, -0.2) is 40.2 Å². The van der Waals surface area contributed by atoms with Crippen molar-refractivity contribution in [3.8, 4) is 0 Å². The van der Waals surface area contributed by atoms with E-state index < -0.39 is 10.8 Å². The van der Waals surface area contributed by atoms with Crippen LogP contribution in [0.5, 0.6) is 0 Å². The average Bonchev–Trinajstić information content (AvgIpc) is 2.73. The lowest BCUT2D eigenvalue weighted by Crippen LogP contribution is -2.25. The molecule has 0 bridgehead atoms. The molecule has 0 radical (unpaired) electrons. The third kappa shape index (κ3) is 5.87. The maximum atomic E-state index is 11.9. The molecule has 0 aromatic carbocycles. The minimum Gasteiger partial charge on any atom is -0.382 e. The van der Waals surface area contributed by atoms with Crippen molar-refractivity contribution in [2.24, 2.45) is 5.92 Å². The Morgan fingerprint density at radius 1 is 1.50 bits per heavy atom. The van der Waals surface area contributed by atoms with Crippen molar-refractivity contribution in [2.45, 2.75) is 20.3 Å². The van der Waals surface area contributed by atoms with E-state index in [1.165, 1.54) is 11.3 Å². The fraction of sp³-hybridized carbons (Fsp3) is 0.667. The molecule has 1 heterocycles. The quantitative estimate of drug-likeness (QED) is 0.628. The summed E-state index contributed by atoms with van der Waals surface area (Å²) in [6, 6.07) is 0. The molecule has 0 fully saturated rings. The molecule has 0 saturated carbocycles. The van der Waals surface area contributed by atoms with Crippen molar-refractivity contribution in [1.29, 1.82) is 0 Å². The van der Waals surface area contributed by atoms with Crippen LogP contribution >= 0.6 is 11.3 Å². The van der Waals surface area contributed by atoms with Gasteiger partial charge in [0.05, 0.1) is 0 Å². The van der Waals surface area contributed by atoms with E-state index in [0.717, 1.165) is 6.54 Å². The van der Waals surface area contributed by atoms with Crippen molar-refractivity contribution in [1.82, 2.24) is 10.3 Å². The normalized spacial score (nSPS) is 12.4. The van der Waals surface area contributed by atoms with Crippen LogP contribution < -0.4 is 16.4 Å². The third-order valence-corrected chi connectivity index (χ3v) is 4.31. The largest absolute Gasteiger partial charge is 0.382 e. The minimum absolute atomic E-state index is 0.223. The summed E-state index contributed by atoms with van der Waals surface area (Å²) in [5.41, 5.74) is 5.75. The second kappa shape index (κ2) is 8.21. The monoisotopic (exact) mass is 318 g/mol. The number of nitrogens with zero attached hydrogens (tertiary/aromatic N) is 1. The molecule has 4 N–H and O–H groups in total. The zero-order valence-corrected chi connectivity index (χ0v) is 13.7. The summed E-state index contributed by atoms with van der Waals surface area (Å²) in [7, 11) is -0.828. The lowest BCUT2D eigenvalue weighted by Gasteiger charge is -2.04. The smallest absolute Gasteiger partial charge is 0.265 e. The van der Waals surface area contributed by atoms with Gasteiger partial charge in [-0.1, -0.05) is 25.2 Å². The first-order valence-electron chi connectivity index (χ1n) is 6.48. The summed E-state index contributed by atoms with van der Waals surface area (Å²) >= 11 is 1.25. The summed E-state index contributed by atoms with van der Waals surface area (Å²) in [5.74, 6) is 1.10. The van der Waals surface area contributed by atoms with Gasteiger partial charge in [-0.15, -0.1) is 0 Å². The van der Waals surface area contributed by atoms with Gasteiger partial charge in [0.1, 0.15) is 10.7 Å². The third-order valence-electron chi connectivity index (χ3n) is 2.42. The molecule has 1 aromatic heterocycles. The van der Waals surface area contributed by atoms with Crippen molar-refractivity contribution in [3.05, 3.63) is 4.88 Å². The molecule has 8 heteroatoms. The predicted molar refractivity (Wildman–Crippen MR) is 85.7 cm³/mol. The number of thiazole rings is 1. The van der Waals surface area contributed by atoms with E-state index in [0.29, 0.717) is 34.6 Å². The van der Waals surface area contributed by atoms with Crippen LogP contribution in [0.15, 0.2) is 0 Å². The van der Waals surface area contributed by atoms with Crippen LogP contribution in [0, 0.1) is 5.92 Å². The van der Waals surface area contributed by atoms with Crippen molar-refractivity contribution in [2.75, 3.05) is 36.1 Å². The molecule has 0 saturated heterocycles. The number of nitrogens with two attached hydrogens (primary N) is 1. The first-order chi connectivity index (χ1) is 9.40. The van der Waals surface area contributed by atoms with Gasteiger partial charge >= 0.3 is 0 Å². The summed E-state index contributed by atoms with van der Waals surface area (Å²) in [6.07, 6.45) is 2.34. The molecule has 6 nitrogen and oxygen atoms in total. The Labute approximate surface area is 126 Å². The van der Waals surface area contributed by atoms with E-state index >= 15 is 0 Å². The van der Waals surface area contributed by atoms with Crippen LogP contribution in [0.25, 0.3) is 0 Å². The van der Waals surface area contributed by atoms with Crippen molar-refractivity contribution < 1.29 is 9.00 Å². The van der Waals surface area contributed by atoms with Gasteiger partial charge in [-0.2, -0.15) is 0 Å². The first kappa shape index (κ1) is 16.9. The molecule has 0 aliphatic carbocycles. The number of hydrogen-bond donors (Lipinski definition) is 3. The van der Waals surface area contributed by atoms with Crippen LogP contribution in [0.3, 0.4) is 0 Å². The van der Waals surface area contributed by atoms with Gasteiger partial charge in [-0.3, -0.25) is 9.00 Å². The number of amides is 1. The minimum atomic E-state index is -0.828. The highest BCUT2D eigenvalue weighted by molar-refractivity contribution is 7.84. The summed E-state index contributed by atoms with van der Waals surface area (Å²) in [4.78, 5) is 16.5. The standard InChI is InChI=1S/C12H22N4O2S2/c1-8(2)7-15-12-16-10(13)9(19-12)11(17)14-5-4-6-20(3)18/h8H,4-7,13H2,1-3H3,(H,14,17)(H,15,16). The maximum Gasteiger partial charge on any atom is 0.265 e. The molecular weight excluding hydrogens is 296 g/mol. The van der Waals surface area contributed by atoms with E-state index in [9.17, 15) is 9.00 Å². The Balaban J connectivity index is 2.49. The Hall–Kier alpha value is -1.15. The van der Waals surface area contributed by atoms with Crippen LogP contribution in [-0.2, 0) is 10.8 Å². The summed E-state index contributed by atoms with van der Waals surface area (Å²) < 4.78 is 10.9. The molecular formula is C12H22N4O2S2. The summed E-state index contributed by atoms with van der Waals surface area (Å²) in [5, 5.41) is 6.58. The van der Waals surface area contributed by atoms with Crippen molar-refractivity contribution >= 4 is 39.0 Å². The van der Waals surface area contributed by atoms with Gasteiger partial charge in [-0.25, -0.2) is 4.98 Å². The Bertz CT molecular complexity index is 474. The number of rotatable bonds is 8. The molecule has 1 atom stereocenters. The van der Waals surface area contributed by atoms with E-state index in [-0.39, 0.29) is 11.7 Å². The second-order valence-electron chi connectivity index (χ2n) is 4.89. The van der Waals surface area contributed by atoms with E-state index in [1.807, 2.05) is 0 Å². The highest BCUT2D eigenvalue weighted by atomic mass is 32.2. The number of carbonyl (C=O) groups excluding carboxylic acids is 1. The van der Waals surface area contributed by atoms with Crippen LogP contribution in [0.2, 0.25) is 0 Å². The van der Waals surface area contributed by atoms with Gasteiger partial charge in [-0.05, 0) is 12.3 Å². The molecule has 1 amide bonds. The number of carbonyl (C=O) groups is 1. The first-order valence-corrected chi connectivity index (χ1v) is 9.03. The van der Waals surface area contributed by atoms with E-state index in [4.69, 9.17) is 5.73 Å². The molecule has 1 unspecified atom stereocenters. The van der Waals surface area contributed by atoms with Gasteiger partial charge < -0.3 is 16.4 Å². The van der Waals surface area contributed by atoms with Gasteiger partial charge in [0.15, 0.2) is 5.13 Å². The van der Waals surface area contributed by atoms with Crippen molar-refractivity contribution in [3.63, 3.8) is 0 Å². The predicted octanol–water partition coefficient (Wildman–Crippen LogP) is 1.29. The Morgan fingerprint density at radius 3 is 2.80 bits per heavy atom. The Morgan fingerprint density at radius 2 is 2.20 bits per heavy atom. The lowest BCUT2D eigenvalue weighted by atomic mass is 10.2. The molecule has 0 aliphatic heterocycles. The van der Waals surface area contributed by atoms with Gasteiger partial charge in [0.2, 0.25) is 0 Å². The number of hydrogen-bond acceptors (Lipinski definition) is 6. The average molecular weight is 318 g/mol. The molecule has 114 valence electrons. The molecule has 1 rings (SSSR count). The van der Waals surface area contributed by atoms with E-state index in [2.05, 4.69) is 29.5 Å². The number of nitrogens with one attached hydrogen (secondary N) is 2.